The molecule has 1 aliphatic heterocycles. The molecular weight excluding hydrogens is 238 g/mol. The maximum Gasteiger partial charge on any atom is 0.326 e. The van der Waals surface area contributed by atoms with E-state index in [1.807, 2.05) is 0 Å². The van der Waals surface area contributed by atoms with Crippen molar-refractivity contribution < 1.29 is 19.5 Å². The van der Waals surface area contributed by atoms with E-state index in [1.165, 1.54) is 0 Å². The lowest BCUT2D eigenvalue weighted by Gasteiger charge is -2.22. The summed E-state index contributed by atoms with van der Waals surface area (Å²) < 4.78 is 0. The third kappa shape index (κ3) is 5.13. The van der Waals surface area contributed by atoms with Crippen LogP contribution in [0.15, 0.2) is 0 Å². The summed E-state index contributed by atoms with van der Waals surface area (Å²) in [6.45, 7) is 1.75. The average Bonchev–Trinajstić information content (AvgIpc) is 2.28. The summed E-state index contributed by atoms with van der Waals surface area (Å²) in [4.78, 5) is 33.2. The Balaban J connectivity index is 2.40. The number of primary amides is 1. The van der Waals surface area contributed by atoms with Crippen molar-refractivity contribution in [1.29, 1.82) is 0 Å². The molecule has 18 heavy (non-hydrogen) atoms. The molecule has 0 saturated carbocycles. The number of aliphatic carboxylic acids is 1. The van der Waals surface area contributed by atoms with Gasteiger partial charge in [-0.25, -0.2) is 4.79 Å². The minimum atomic E-state index is -1.24. The van der Waals surface area contributed by atoms with Gasteiger partial charge in [0.2, 0.25) is 11.8 Å². The molecule has 1 saturated heterocycles. The van der Waals surface area contributed by atoms with E-state index in [0.29, 0.717) is 6.42 Å². The molecular formula is C11H19N3O4. The first-order valence-corrected chi connectivity index (χ1v) is 6.00. The molecule has 1 fully saturated rings. The number of hydrogen-bond acceptors (Lipinski definition) is 4. The van der Waals surface area contributed by atoms with Crippen LogP contribution in [0, 0.1) is 5.92 Å². The fourth-order valence-electron chi connectivity index (χ4n) is 2.00. The minimum absolute atomic E-state index is 0.272. The highest BCUT2D eigenvalue weighted by Crippen LogP contribution is 2.15. The maximum absolute atomic E-state index is 11.7. The predicted octanol–water partition coefficient (Wildman–Crippen LogP) is -1.18. The second kappa shape index (κ2) is 6.95. The van der Waals surface area contributed by atoms with Crippen LogP contribution in [0.1, 0.15) is 25.7 Å². The Bertz CT molecular complexity index is 326. The monoisotopic (exact) mass is 257 g/mol. The van der Waals surface area contributed by atoms with Gasteiger partial charge in [0.1, 0.15) is 6.04 Å². The second-order valence-electron chi connectivity index (χ2n) is 4.53. The molecule has 0 aromatic heterocycles. The van der Waals surface area contributed by atoms with Crippen LogP contribution in [0.4, 0.5) is 0 Å². The molecule has 7 nitrogen and oxygen atoms in total. The van der Waals surface area contributed by atoms with Gasteiger partial charge in [0.15, 0.2) is 0 Å². The van der Waals surface area contributed by atoms with Crippen LogP contribution < -0.4 is 16.4 Å². The number of nitrogens with two attached hydrogens (primary N) is 1. The van der Waals surface area contributed by atoms with Gasteiger partial charge >= 0.3 is 5.97 Å². The lowest BCUT2D eigenvalue weighted by molar-refractivity contribution is -0.143. The summed E-state index contributed by atoms with van der Waals surface area (Å²) in [5, 5.41) is 14.4. The van der Waals surface area contributed by atoms with E-state index >= 15 is 0 Å². The molecule has 0 spiro atoms. The number of piperidine rings is 1. The van der Waals surface area contributed by atoms with Crippen LogP contribution in [-0.4, -0.2) is 42.0 Å². The Kier molecular flexibility index (Phi) is 5.57. The number of nitrogens with one attached hydrogen (secondary N) is 2. The normalized spacial score (nSPS) is 18.0. The van der Waals surface area contributed by atoms with E-state index in [-0.39, 0.29) is 18.2 Å². The summed E-state index contributed by atoms with van der Waals surface area (Å²) >= 11 is 0. The van der Waals surface area contributed by atoms with Crippen LogP contribution in [0.3, 0.4) is 0 Å². The molecule has 1 rings (SSSR count). The van der Waals surface area contributed by atoms with Crippen molar-refractivity contribution >= 4 is 17.8 Å². The van der Waals surface area contributed by atoms with Gasteiger partial charge in [0.05, 0.1) is 6.42 Å². The van der Waals surface area contributed by atoms with Gasteiger partial charge in [-0.15, -0.1) is 0 Å². The Morgan fingerprint density at radius 1 is 1.33 bits per heavy atom. The number of rotatable bonds is 6. The van der Waals surface area contributed by atoms with Crippen molar-refractivity contribution in [2.45, 2.75) is 31.7 Å². The topological polar surface area (TPSA) is 122 Å². The van der Waals surface area contributed by atoms with Crippen molar-refractivity contribution in [3.8, 4) is 0 Å². The van der Waals surface area contributed by atoms with Crippen LogP contribution in [-0.2, 0) is 14.4 Å². The fourth-order valence-corrected chi connectivity index (χ4v) is 2.00. The van der Waals surface area contributed by atoms with Gasteiger partial charge in [0, 0.05) is 6.42 Å². The van der Waals surface area contributed by atoms with E-state index in [9.17, 15) is 14.4 Å². The van der Waals surface area contributed by atoms with Crippen LogP contribution in [0.5, 0.6) is 0 Å². The maximum atomic E-state index is 11.7. The lowest BCUT2D eigenvalue weighted by atomic mass is 9.94. The highest BCUT2D eigenvalue weighted by Gasteiger charge is 2.24. The van der Waals surface area contributed by atoms with Crippen molar-refractivity contribution in [3.05, 3.63) is 0 Å². The average molecular weight is 257 g/mol. The fraction of sp³-hybridized carbons (Fsp3) is 0.727. The van der Waals surface area contributed by atoms with Crippen molar-refractivity contribution in [2.24, 2.45) is 11.7 Å². The molecule has 1 heterocycles. The molecule has 7 heteroatoms. The summed E-state index contributed by atoms with van der Waals surface area (Å²) in [5.41, 5.74) is 4.93. The standard InChI is InChI=1S/C11H19N3O4/c12-9(15)6-8(11(17)18)14-10(16)5-7-1-3-13-4-2-7/h7-8,13H,1-6H2,(H2,12,15)(H,14,16)(H,17,18)/t8-/m0/s1. The zero-order valence-corrected chi connectivity index (χ0v) is 10.1. The largest absolute Gasteiger partial charge is 0.480 e. The first-order chi connectivity index (χ1) is 8.49. The molecule has 5 N–H and O–H groups in total. The van der Waals surface area contributed by atoms with Crippen molar-refractivity contribution in [2.75, 3.05) is 13.1 Å². The third-order valence-electron chi connectivity index (χ3n) is 2.97. The Hall–Kier alpha value is -1.63. The summed E-state index contributed by atoms with van der Waals surface area (Å²) in [6, 6.07) is -1.23. The highest BCUT2D eigenvalue weighted by molar-refractivity contribution is 5.88. The predicted molar refractivity (Wildman–Crippen MR) is 63.6 cm³/mol. The number of amides is 2. The Morgan fingerprint density at radius 3 is 2.44 bits per heavy atom. The Morgan fingerprint density at radius 2 is 1.94 bits per heavy atom. The van der Waals surface area contributed by atoms with E-state index in [1.54, 1.807) is 0 Å². The zero-order valence-electron chi connectivity index (χ0n) is 10.1. The molecule has 0 aliphatic carbocycles. The van der Waals surface area contributed by atoms with Crippen LogP contribution in [0.2, 0.25) is 0 Å². The summed E-state index contributed by atoms with van der Waals surface area (Å²) in [6.07, 6.45) is 1.72. The number of carbonyl (C=O) groups is 3. The zero-order chi connectivity index (χ0) is 13.5. The summed E-state index contributed by atoms with van der Waals surface area (Å²) in [5.74, 6) is -2.05. The first-order valence-electron chi connectivity index (χ1n) is 6.00. The molecule has 0 bridgehead atoms. The second-order valence-corrected chi connectivity index (χ2v) is 4.53. The molecule has 0 radical (unpaired) electrons. The molecule has 0 unspecified atom stereocenters. The third-order valence-corrected chi connectivity index (χ3v) is 2.97. The number of hydrogen-bond donors (Lipinski definition) is 4. The number of carboxylic acid groups (broad SMARTS) is 1. The van der Waals surface area contributed by atoms with Gasteiger partial charge in [-0.2, -0.15) is 0 Å². The smallest absolute Gasteiger partial charge is 0.326 e. The quantitative estimate of drug-likeness (QED) is 0.477. The highest BCUT2D eigenvalue weighted by atomic mass is 16.4. The Labute approximate surface area is 105 Å². The molecule has 0 aromatic carbocycles. The van der Waals surface area contributed by atoms with Crippen molar-refractivity contribution in [3.63, 3.8) is 0 Å². The molecule has 2 amide bonds. The SMILES string of the molecule is NC(=O)C[C@H](NC(=O)CC1CCNCC1)C(=O)O. The van der Waals surface area contributed by atoms with Crippen LogP contribution >= 0.6 is 0 Å². The van der Waals surface area contributed by atoms with Gasteiger partial charge in [0.25, 0.3) is 0 Å². The van der Waals surface area contributed by atoms with E-state index in [2.05, 4.69) is 10.6 Å². The lowest BCUT2D eigenvalue weighted by Crippen LogP contribution is -2.44. The molecule has 1 aliphatic rings. The van der Waals surface area contributed by atoms with Gasteiger partial charge < -0.3 is 21.5 Å². The van der Waals surface area contributed by atoms with E-state index in [0.717, 1.165) is 25.9 Å². The van der Waals surface area contributed by atoms with Gasteiger partial charge in [-0.05, 0) is 31.8 Å². The van der Waals surface area contributed by atoms with Gasteiger partial charge in [-0.3, -0.25) is 9.59 Å². The van der Waals surface area contributed by atoms with Gasteiger partial charge in [-0.1, -0.05) is 0 Å². The minimum Gasteiger partial charge on any atom is -0.480 e. The molecule has 0 aromatic rings. The molecule has 1 atom stereocenters. The number of carbonyl (C=O) groups excluding carboxylic acids is 2. The summed E-state index contributed by atoms with van der Waals surface area (Å²) in [7, 11) is 0. The number of carboxylic acids is 1. The first kappa shape index (κ1) is 14.4. The molecule has 102 valence electrons. The van der Waals surface area contributed by atoms with E-state index < -0.39 is 17.9 Å². The van der Waals surface area contributed by atoms with E-state index in [4.69, 9.17) is 10.8 Å². The van der Waals surface area contributed by atoms with Crippen molar-refractivity contribution in [1.82, 2.24) is 10.6 Å². The van der Waals surface area contributed by atoms with Crippen LogP contribution in [0.25, 0.3) is 0 Å².